The number of fused-ring (bicyclic) bond motifs is 1. The van der Waals surface area contributed by atoms with Crippen LogP contribution in [0.15, 0.2) is 36.4 Å². The fourth-order valence-corrected chi connectivity index (χ4v) is 5.01. The lowest BCUT2D eigenvalue weighted by Gasteiger charge is -2.37. The lowest BCUT2D eigenvalue weighted by molar-refractivity contribution is -0.129. The molecule has 0 spiro atoms. The maximum Gasteiger partial charge on any atom is 0.242 e. The Morgan fingerprint density at radius 1 is 1.10 bits per heavy atom. The van der Waals surface area contributed by atoms with Crippen molar-refractivity contribution in [1.29, 1.82) is 0 Å². The van der Waals surface area contributed by atoms with Crippen molar-refractivity contribution < 1.29 is 4.79 Å². The van der Waals surface area contributed by atoms with Crippen molar-refractivity contribution in [2.45, 2.75) is 13.8 Å². The molecule has 2 heterocycles. The zero-order valence-corrected chi connectivity index (χ0v) is 18.6. The van der Waals surface area contributed by atoms with Crippen LogP contribution in [0.3, 0.4) is 0 Å². The number of thiazole rings is 1. The number of aromatic nitrogens is 1. The van der Waals surface area contributed by atoms with Crippen molar-refractivity contribution in [3.8, 4) is 0 Å². The molecule has 1 aliphatic rings. The van der Waals surface area contributed by atoms with E-state index in [4.69, 9.17) is 16.6 Å². The molecule has 1 aliphatic heterocycles. The van der Waals surface area contributed by atoms with E-state index in [9.17, 15) is 4.79 Å². The van der Waals surface area contributed by atoms with E-state index in [1.807, 2.05) is 41.1 Å². The number of amides is 1. The van der Waals surface area contributed by atoms with Crippen LogP contribution < -0.4 is 9.80 Å². The second-order valence-corrected chi connectivity index (χ2v) is 8.93. The fourth-order valence-electron chi connectivity index (χ4n) is 3.69. The number of likely N-dealkylation sites (N-methyl/N-ethyl adjacent to an activating group) is 1. The van der Waals surface area contributed by atoms with Gasteiger partial charge in [0.25, 0.3) is 0 Å². The van der Waals surface area contributed by atoms with Crippen molar-refractivity contribution in [1.82, 2.24) is 9.88 Å². The van der Waals surface area contributed by atoms with Gasteiger partial charge in [0, 0.05) is 33.2 Å². The molecule has 29 heavy (non-hydrogen) atoms. The molecule has 1 fully saturated rings. The Morgan fingerprint density at radius 2 is 1.79 bits per heavy atom. The summed E-state index contributed by atoms with van der Waals surface area (Å²) in [6, 6.07) is 12.1. The number of nitrogens with zero attached hydrogens (tertiary/aromatic N) is 4. The Bertz CT molecular complexity index is 1000. The second-order valence-electron chi connectivity index (χ2n) is 7.55. The summed E-state index contributed by atoms with van der Waals surface area (Å²) in [5.41, 5.74) is 4.48. The van der Waals surface area contributed by atoms with Crippen molar-refractivity contribution in [2.24, 2.45) is 0 Å². The zero-order chi connectivity index (χ0) is 20.5. The first-order valence-corrected chi connectivity index (χ1v) is 11.0. The van der Waals surface area contributed by atoms with Crippen LogP contribution in [-0.2, 0) is 4.79 Å². The SMILES string of the molecule is Cc1ccc(C)c2sc(N(C)CC(=O)N3CCN(c4ccccc4Cl)CC3)nc12. The molecule has 0 aliphatic carbocycles. The molecule has 7 heteroatoms. The van der Waals surface area contributed by atoms with Crippen LogP contribution in [-0.4, -0.2) is 55.6 Å². The molecule has 0 radical (unpaired) electrons. The molecular weight excluding hydrogens is 404 g/mol. The molecule has 4 rings (SSSR count). The summed E-state index contributed by atoms with van der Waals surface area (Å²) in [6.45, 7) is 7.51. The van der Waals surface area contributed by atoms with Gasteiger partial charge in [0.1, 0.15) is 0 Å². The number of carbonyl (C=O) groups excluding carboxylic acids is 1. The van der Waals surface area contributed by atoms with Crippen LogP contribution in [0.5, 0.6) is 0 Å². The minimum Gasteiger partial charge on any atom is -0.367 e. The molecule has 152 valence electrons. The lowest BCUT2D eigenvalue weighted by Crippen LogP contribution is -2.51. The Labute approximate surface area is 180 Å². The Morgan fingerprint density at radius 3 is 2.48 bits per heavy atom. The summed E-state index contributed by atoms with van der Waals surface area (Å²) >= 11 is 7.97. The zero-order valence-electron chi connectivity index (χ0n) is 17.0. The molecular formula is C22H25ClN4OS. The molecule has 1 aromatic heterocycles. The fraction of sp³-hybridized carbons (Fsp3) is 0.364. The number of benzene rings is 2. The van der Waals surface area contributed by atoms with E-state index < -0.39 is 0 Å². The van der Waals surface area contributed by atoms with Crippen LogP contribution in [0, 0.1) is 13.8 Å². The third kappa shape index (κ3) is 4.05. The number of halogens is 1. The van der Waals surface area contributed by atoms with Gasteiger partial charge in [0.15, 0.2) is 5.13 Å². The van der Waals surface area contributed by atoms with Gasteiger partial charge in [-0.25, -0.2) is 4.98 Å². The highest BCUT2D eigenvalue weighted by molar-refractivity contribution is 7.22. The quantitative estimate of drug-likeness (QED) is 0.619. The normalized spacial score (nSPS) is 14.5. The average Bonchev–Trinajstić information content (AvgIpc) is 3.18. The first-order valence-electron chi connectivity index (χ1n) is 9.79. The van der Waals surface area contributed by atoms with Crippen LogP contribution in [0.4, 0.5) is 10.8 Å². The van der Waals surface area contributed by atoms with Crippen molar-refractivity contribution in [3.05, 3.63) is 52.5 Å². The summed E-state index contributed by atoms with van der Waals surface area (Å²) < 4.78 is 1.20. The molecule has 0 bridgehead atoms. The predicted molar refractivity (Wildman–Crippen MR) is 123 cm³/mol. The minimum atomic E-state index is 0.138. The van der Waals surface area contributed by atoms with Gasteiger partial charge >= 0.3 is 0 Å². The average molecular weight is 429 g/mol. The van der Waals surface area contributed by atoms with Crippen molar-refractivity contribution >= 4 is 49.9 Å². The minimum absolute atomic E-state index is 0.138. The molecule has 0 saturated carbocycles. The second kappa shape index (κ2) is 8.20. The summed E-state index contributed by atoms with van der Waals surface area (Å²) in [6.07, 6.45) is 0. The molecule has 1 saturated heterocycles. The van der Waals surface area contributed by atoms with Gasteiger partial charge < -0.3 is 14.7 Å². The molecule has 5 nitrogen and oxygen atoms in total. The molecule has 3 aromatic rings. The van der Waals surface area contributed by atoms with E-state index in [1.54, 1.807) is 11.3 Å². The largest absolute Gasteiger partial charge is 0.367 e. The van der Waals surface area contributed by atoms with Crippen LogP contribution in [0.2, 0.25) is 5.02 Å². The number of hydrogen-bond donors (Lipinski definition) is 0. The van der Waals surface area contributed by atoms with Crippen LogP contribution >= 0.6 is 22.9 Å². The summed E-state index contributed by atoms with van der Waals surface area (Å²) in [5.74, 6) is 0.138. The molecule has 1 amide bonds. The predicted octanol–water partition coefficient (Wildman–Crippen LogP) is 4.35. The number of piperazine rings is 1. The van der Waals surface area contributed by atoms with Crippen LogP contribution in [0.25, 0.3) is 10.2 Å². The third-order valence-corrected chi connectivity index (χ3v) is 7.08. The number of hydrogen-bond acceptors (Lipinski definition) is 5. The smallest absolute Gasteiger partial charge is 0.242 e. The van der Waals surface area contributed by atoms with Crippen molar-refractivity contribution in [2.75, 3.05) is 49.6 Å². The number of rotatable bonds is 4. The maximum atomic E-state index is 12.9. The van der Waals surface area contributed by atoms with Gasteiger partial charge in [0.2, 0.25) is 5.91 Å². The number of aryl methyl sites for hydroxylation is 2. The number of para-hydroxylation sites is 1. The van der Waals surface area contributed by atoms with Gasteiger partial charge in [-0.3, -0.25) is 4.79 Å². The maximum absolute atomic E-state index is 12.9. The first kappa shape index (κ1) is 20.0. The Hall–Kier alpha value is -2.31. The highest BCUT2D eigenvalue weighted by Crippen LogP contribution is 2.32. The van der Waals surface area contributed by atoms with E-state index in [-0.39, 0.29) is 5.91 Å². The van der Waals surface area contributed by atoms with E-state index in [2.05, 4.69) is 30.9 Å². The van der Waals surface area contributed by atoms with E-state index >= 15 is 0 Å². The number of anilines is 2. The standard InChI is InChI=1S/C22H25ClN4OS/c1-15-8-9-16(2)21-20(15)24-22(29-21)25(3)14-19(28)27-12-10-26(11-13-27)18-7-5-4-6-17(18)23/h4-9H,10-14H2,1-3H3. The lowest BCUT2D eigenvalue weighted by atomic mass is 10.1. The first-order chi connectivity index (χ1) is 13.9. The summed E-state index contributed by atoms with van der Waals surface area (Å²) in [7, 11) is 1.94. The highest BCUT2D eigenvalue weighted by Gasteiger charge is 2.24. The molecule has 0 N–H and O–H groups in total. The summed E-state index contributed by atoms with van der Waals surface area (Å²) in [4.78, 5) is 23.8. The van der Waals surface area contributed by atoms with E-state index in [0.29, 0.717) is 19.6 Å². The van der Waals surface area contributed by atoms with Gasteiger partial charge in [-0.15, -0.1) is 0 Å². The van der Waals surface area contributed by atoms with E-state index in [1.165, 1.54) is 15.8 Å². The highest BCUT2D eigenvalue weighted by atomic mass is 35.5. The van der Waals surface area contributed by atoms with Gasteiger partial charge in [0.05, 0.1) is 27.5 Å². The summed E-state index contributed by atoms with van der Waals surface area (Å²) in [5, 5.41) is 1.65. The van der Waals surface area contributed by atoms with Gasteiger partial charge in [-0.1, -0.05) is 47.2 Å². The van der Waals surface area contributed by atoms with E-state index in [0.717, 1.165) is 34.4 Å². The van der Waals surface area contributed by atoms with Crippen LogP contribution in [0.1, 0.15) is 11.1 Å². The number of carbonyl (C=O) groups is 1. The van der Waals surface area contributed by atoms with Gasteiger partial charge in [-0.05, 0) is 37.1 Å². The molecule has 2 aromatic carbocycles. The Balaban J connectivity index is 1.39. The molecule has 0 atom stereocenters. The monoisotopic (exact) mass is 428 g/mol. The third-order valence-electron chi connectivity index (χ3n) is 5.46. The topological polar surface area (TPSA) is 39.7 Å². The Kier molecular flexibility index (Phi) is 5.65. The van der Waals surface area contributed by atoms with Crippen molar-refractivity contribution in [3.63, 3.8) is 0 Å². The molecule has 0 unspecified atom stereocenters. The van der Waals surface area contributed by atoms with Gasteiger partial charge in [-0.2, -0.15) is 0 Å².